The van der Waals surface area contributed by atoms with Gasteiger partial charge in [-0.25, -0.2) is 12.8 Å². The van der Waals surface area contributed by atoms with E-state index in [1.165, 1.54) is 17.4 Å². The Morgan fingerprint density at radius 3 is 2.48 bits per heavy atom. The first kappa shape index (κ1) is 18.1. The molecule has 0 aromatic heterocycles. The van der Waals surface area contributed by atoms with Crippen LogP contribution in [0, 0.1) is 5.82 Å². The molecule has 0 aliphatic heterocycles. The minimum atomic E-state index is -3.48. The quantitative estimate of drug-likeness (QED) is 0.750. The lowest BCUT2D eigenvalue weighted by Crippen LogP contribution is -2.41. The number of rotatable bonds is 8. The topological polar surface area (TPSA) is 49.4 Å². The molecule has 0 heterocycles. The lowest BCUT2D eigenvalue weighted by atomic mass is 10.1. The average Bonchev–Trinajstić information content (AvgIpc) is 2.46. The van der Waals surface area contributed by atoms with Crippen LogP contribution in [0.4, 0.5) is 4.39 Å². The van der Waals surface area contributed by atoms with Gasteiger partial charge in [0.25, 0.3) is 0 Å². The van der Waals surface area contributed by atoms with E-state index in [1.54, 1.807) is 32.0 Å². The fraction of sp³-hybridized carbons (Fsp3) is 0.600. The van der Waals surface area contributed by atoms with E-state index in [1.807, 2.05) is 6.92 Å². The van der Waals surface area contributed by atoms with Gasteiger partial charge in [0, 0.05) is 25.2 Å². The third-order valence-corrected chi connectivity index (χ3v) is 5.97. The molecular formula is C15H25FN2O2S. The average molecular weight is 316 g/mol. The molecule has 4 nitrogen and oxygen atoms in total. The first-order chi connectivity index (χ1) is 9.82. The Kier molecular flexibility index (Phi) is 6.77. The Labute approximate surface area is 127 Å². The van der Waals surface area contributed by atoms with Crippen LogP contribution in [-0.2, 0) is 10.0 Å². The predicted octanol–water partition coefficient (Wildman–Crippen LogP) is 2.54. The molecule has 0 aliphatic rings. The molecule has 6 heteroatoms. The zero-order valence-electron chi connectivity index (χ0n) is 13.1. The number of sulfonamides is 1. The standard InChI is InChI=1S/C15H25FN2O2S/c1-5-10-17-11-12(2)21(19,20)18(4)13(3)14-8-6-7-9-15(14)16/h6-9,12-13,17H,5,10-11H2,1-4H3. The van der Waals surface area contributed by atoms with E-state index >= 15 is 0 Å². The van der Waals surface area contributed by atoms with E-state index in [-0.39, 0.29) is 5.82 Å². The van der Waals surface area contributed by atoms with Crippen molar-refractivity contribution in [2.75, 3.05) is 20.1 Å². The van der Waals surface area contributed by atoms with Crippen molar-refractivity contribution in [2.24, 2.45) is 0 Å². The zero-order chi connectivity index (χ0) is 16.0. The maximum atomic E-state index is 13.8. The summed E-state index contributed by atoms with van der Waals surface area (Å²) in [6.07, 6.45) is 0.953. The maximum Gasteiger partial charge on any atom is 0.218 e. The van der Waals surface area contributed by atoms with E-state index in [0.717, 1.165) is 13.0 Å². The molecule has 0 saturated carbocycles. The van der Waals surface area contributed by atoms with Crippen LogP contribution in [0.2, 0.25) is 0 Å². The van der Waals surface area contributed by atoms with Gasteiger partial charge < -0.3 is 5.32 Å². The third kappa shape index (κ3) is 4.49. The highest BCUT2D eigenvalue weighted by Crippen LogP contribution is 2.25. The Morgan fingerprint density at radius 1 is 1.29 bits per heavy atom. The molecule has 0 radical (unpaired) electrons. The fourth-order valence-electron chi connectivity index (χ4n) is 2.10. The minimum Gasteiger partial charge on any atom is -0.315 e. The van der Waals surface area contributed by atoms with Gasteiger partial charge in [-0.3, -0.25) is 0 Å². The molecule has 0 saturated heterocycles. The Hall–Kier alpha value is -0.980. The first-order valence-electron chi connectivity index (χ1n) is 7.24. The summed E-state index contributed by atoms with van der Waals surface area (Å²) in [5, 5.41) is 2.55. The van der Waals surface area contributed by atoms with Crippen molar-refractivity contribution in [1.29, 1.82) is 0 Å². The second-order valence-electron chi connectivity index (χ2n) is 5.27. The van der Waals surface area contributed by atoms with Gasteiger partial charge in [-0.2, -0.15) is 4.31 Å². The molecule has 2 atom stereocenters. The Bertz CT molecular complexity index is 548. The van der Waals surface area contributed by atoms with E-state index in [2.05, 4.69) is 5.32 Å². The zero-order valence-corrected chi connectivity index (χ0v) is 14.0. The van der Waals surface area contributed by atoms with E-state index in [9.17, 15) is 12.8 Å². The number of nitrogens with zero attached hydrogens (tertiary/aromatic N) is 1. The summed E-state index contributed by atoms with van der Waals surface area (Å²) in [7, 11) is -1.98. The van der Waals surface area contributed by atoms with Crippen molar-refractivity contribution < 1.29 is 12.8 Å². The highest BCUT2D eigenvalue weighted by molar-refractivity contribution is 7.89. The van der Waals surface area contributed by atoms with Gasteiger partial charge in [0.1, 0.15) is 5.82 Å². The Balaban J connectivity index is 2.85. The molecule has 0 bridgehead atoms. The number of halogens is 1. The Morgan fingerprint density at radius 2 is 1.90 bits per heavy atom. The van der Waals surface area contributed by atoms with Gasteiger partial charge in [0.15, 0.2) is 0 Å². The summed E-state index contributed by atoms with van der Waals surface area (Å²) in [6.45, 7) is 6.57. The van der Waals surface area contributed by atoms with Gasteiger partial charge in [0.2, 0.25) is 10.0 Å². The SMILES string of the molecule is CCCNCC(C)S(=O)(=O)N(C)C(C)c1ccccc1F. The highest BCUT2D eigenvalue weighted by Gasteiger charge is 2.30. The second-order valence-corrected chi connectivity index (χ2v) is 7.68. The monoisotopic (exact) mass is 316 g/mol. The number of hydrogen-bond donors (Lipinski definition) is 1. The molecule has 0 fully saturated rings. The fourth-order valence-corrected chi connectivity index (χ4v) is 3.55. The van der Waals surface area contributed by atoms with Crippen LogP contribution in [-0.4, -0.2) is 38.1 Å². The van der Waals surface area contributed by atoms with Gasteiger partial charge in [0.05, 0.1) is 5.25 Å². The van der Waals surface area contributed by atoms with Crippen molar-refractivity contribution >= 4 is 10.0 Å². The van der Waals surface area contributed by atoms with Crippen LogP contribution in [0.25, 0.3) is 0 Å². The van der Waals surface area contributed by atoms with Crippen LogP contribution in [0.1, 0.15) is 38.8 Å². The lowest BCUT2D eigenvalue weighted by Gasteiger charge is -2.28. The van der Waals surface area contributed by atoms with Gasteiger partial charge in [-0.05, 0) is 32.9 Å². The van der Waals surface area contributed by atoms with Gasteiger partial charge in [-0.15, -0.1) is 0 Å². The summed E-state index contributed by atoms with van der Waals surface area (Å²) in [6, 6.07) is 5.73. The smallest absolute Gasteiger partial charge is 0.218 e. The number of hydrogen-bond acceptors (Lipinski definition) is 3. The molecular weight excluding hydrogens is 291 g/mol. The molecule has 1 N–H and O–H groups in total. The normalized spacial score (nSPS) is 15.1. The maximum absolute atomic E-state index is 13.8. The molecule has 1 rings (SSSR count). The van der Waals surface area contributed by atoms with Gasteiger partial charge in [-0.1, -0.05) is 25.1 Å². The molecule has 0 amide bonds. The van der Waals surface area contributed by atoms with Crippen LogP contribution in [0.3, 0.4) is 0 Å². The second kappa shape index (κ2) is 7.87. The van der Waals surface area contributed by atoms with Crippen LogP contribution < -0.4 is 5.32 Å². The molecule has 1 aromatic rings. The highest BCUT2D eigenvalue weighted by atomic mass is 32.2. The molecule has 0 spiro atoms. The van der Waals surface area contributed by atoms with Crippen LogP contribution >= 0.6 is 0 Å². The van der Waals surface area contributed by atoms with E-state index in [0.29, 0.717) is 12.1 Å². The van der Waals surface area contributed by atoms with Crippen LogP contribution in [0.5, 0.6) is 0 Å². The summed E-state index contributed by atoms with van der Waals surface area (Å²) in [4.78, 5) is 0. The van der Waals surface area contributed by atoms with E-state index in [4.69, 9.17) is 0 Å². The largest absolute Gasteiger partial charge is 0.315 e. The van der Waals surface area contributed by atoms with Crippen molar-refractivity contribution in [3.8, 4) is 0 Å². The van der Waals surface area contributed by atoms with Crippen molar-refractivity contribution in [3.05, 3.63) is 35.6 Å². The molecule has 0 aliphatic carbocycles. The molecule has 120 valence electrons. The number of nitrogens with one attached hydrogen (secondary N) is 1. The first-order valence-corrected chi connectivity index (χ1v) is 8.74. The number of benzene rings is 1. The van der Waals surface area contributed by atoms with Crippen molar-refractivity contribution in [2.45, 2.75) is 38.5 Å². The van der Waals surface area contributed by atoms with Gasteiger partial charge >= 0.3 is 0 Å². The lowest BCUT2D eigenvalue weighted by molar-refractivity contribution is 0.381. The van der Waals surface area contributed by atoms with Crippen molar-refractivity contribution in [3.63, 3.8) is 0 Å². The van der Waals surface area contributed by atoms with Crippen LogP contribution in [0.15, 0.2) is 24.3 Å². The molecule has 1 aromatic carbocycles. The summed E-state index contributed by atoms with van der Waals surface area (Å²) >= 11 is 0. The third-order valence-electron chi connectivity index (χ3n) is 3.67. The summed E-state index contributed by atoms with van der Waals surface area (Å²) < 4.78 is 40.1. The van der Waals surface area contributed by atoms with E-state index < -0.39 is 21.3 Å². The molecule has 21 heavy (non-hydrogen) atoms. The molecule has 2 unspecified atom stereocenters. The minimum absolute atomic E-state index is 0.385. The van der Waals surface area contributed by atoms with Crippen molar-refractivity contribution in [1.82, 2.24) is 9.62 Å². The summed E-state index contributed by atoms with van der Waals surface area (Å²) in [5.74, 6) is -0.385. The predicted molar refractivity (Wildman–Crippen MR) is 84.1 cm³/mol. The summed E-state index contributed by atoms with van der Waals surface area (Å²) in [5.41, 5.74) is 0.386.